The molecule has 0 radical (unpaired) electrons. The molecule has 0 saturated carbocycles. The summed E-state index contributed by atoms with van der Waals surface area (Å²) >= 11 is 6.39. The summed E-state index contributed by atoms with van der Waals surface area (Å²) in [5.41, 5.74) is 1.38. The SMILES string of the molecule is N#Cc1cccc(Cl)c1-n1ncc2c([C@H](C(=O)Nc3ccccn3)C(O)N3CCC3)ncnc21. The summed E-state index contributed by atoms with van der Waals surface area (Å²) in [5.74, 6) is -1.13. The van der Waals surface area contributed by atoms with Crippen LogP contribution in [0.25, 0.3) is 16.7 Å². The minimum atomic E-state index is -1.10. The van der Waals surface area contributed by atoms with Gasteiger partial charge < -0.3 is 10.4 Å². The third kappa shape index (κ3) is 3.86. The molecule has 1 aliphatic heterocycles. The normalized spacial score (nSPS) is 15.3. The second kappa shape index (κ2) is 9.15. The minimum absolute atomic E-state index is 0.314. The lowest BCUT2D eigenvalue weighted by Gasteiger charge is -2.38. The standard InChI is InChI=1S/C23H19ClN8O2/c24-16-6-3-5-14(11-25)20(16)32-21-15(12-29-32)19(27-13-28-21)18(23(34)31-9-4-10-31)22(33)30-17-7-1-2-8-26-17/h1-3,5-8,12-13,18,23,34H,4,9-10H2,(H,26,30,33)/t18-,23?/m1/s1. The Kier molecular flexibility index (Phi) is 5.90. The average molecular weight is 475 g/mol. The topological polar surface area (TPSA) is 133 Å². The number of carbonyl (C=O) groups excluding carboxylic acids is 1. The van der Waals surface area contributed by atoms with Crippen molar-refractivity contribution in [2.75, 3.05) is 18.4 Å². The van der Waals surface area contributed by atoms with E-state index in [2.05, 4.69) is 31.4 Å². The van der Waals surface area contributed by atoms with Gasteiger partial charge in [-0.05, 0) is 30.7 Å². The van der Waals surface area contributed by atoms with Crippen LogP contribution in [0.5, 0.6) is 0 Å². The molecule has 1 saturated heterocycles. The molecule has 4 heterocycles. The lowest BCUT2D eigenvalue weighted by molar-refractivity contribution is -0.126. The number of nitrogens with one attached hydrogen (secondary N) is 1. The number of pyridine rings is 1. The zero-order valence-corrected chi connectivity index (χ0v) is 18.6. The molecule has 11 heteroatoms. The monoisotopic (exact) mass is 474 g/mol. The Morgan fingerprint density at radius 3 is 2.74 bits per heavy atom. The number of nitriles is 1. The highest BCUT2D eigenvalue weighted by Gasteiger charge is 2.38. The van der Waals surface area contributed by atoms with Crippen LogP contribution in [0.4, 0.5) is 5.82 Å². The van der Waals surface area contributed by atoms with Crippen LogP contribution in [0.3, 0.4) is 0 Å². The van der Waals surface area contributed by atoms with Crippen LogP contribution < -0.4 is 5.32 Å². The molecule has 3 aromatic heterocycles. The van der Waals surface area contributed by atoms with Crippen molar-refractivity contribution in [1.82, 2.24) is 29.6 Å². The predicted octanol–water partition coefficient (Wildman–Crippen LogP) is 2.48. The van der Waals surface area contributed by atoms with Gasteiger partial charge in [-0.15, -0.1) is 0 Å². The molecule has 1 unspecified atom stereocenters. The Balaban J connectivity index is 1.62. The van der Waals surface area contributed by atoms with Crippen LogP contribution in [-0.2, 0) is 4.79 Å². The molecule has 4 aromatic rings. The first-order chi connectivity index (χ1) is 16.6. The number of carbonyl (C=O) groups is 1. The molecule has 0 spiro atoms. The van der Waals surface area contributed by atoms with E-state index in [0.717, 1.165) is 6.42 Å². The summed E-state index contributed by atoms with van der Waals surface area (Å²) in [6.45, 7) is 1.35. The maximum atomic E-state index is 13.4. The third-order valence-electron chi connectivity index (χ3n) is 5.77. The van der Waals surface area contributed by atoms with Gasteiger partial charge in [-0.2, -0.15) is 10.4 Å². The number of rotatable bonds is 6. The van der Waals surface area contributed by atoms with Crippen molar-refractivity contribution in [1.29, 1.82) is 5.26 Å². The second-order valence-corrected chi connectivity index (χ2v) is 8.19. The van der Waals surface area contributed by atoms with E-state index >= 15 is 0 Å². The fourth-order valence-electron chi connectivity index (χ4n) is 3.95. The smallest absolute Gasteiger partial charge is 0.238 e. The van der Waals surface area contributed by atoms with Crippen molar-refractivity contribution in [3.63, 3.8) is 0 Å². The highest BCUT2D eigenvalue weighted by Crippen LogP contribution is 2.32. The van der Waals surface area contributed by atoms with E-state index < -0.39 is 18.1 Å². The van der Waals surface area contributed by atoms with Crippen LogP contribution in [0, 0.1) is 11.3 Å². The van der Waals surface area contributed by atoms with Gasteiger partial charge in [-0.1, -0.05) is 23.7 Å². The van der Waals surface area contributed by atoms with Crippen LogP contribution in [0.1, 0.15) is 23.6 Å². The van der Waals surface area contributed by atoms with Crippen LogP contribution in [0.2, 0.25) is 5.02 Å². The first-order valence-corrected chi connectivity index (χ1v) is 11.0. The van der Waals surface area contributed by atoms with E-state index in [9.17, 15) is 15.2 Å². The lowest BCUT2D eigenvalue weighted by Crippen LogP contribution is -2.50. The van der Waals surface area contributed by atoms with Gasteiger partial charge in [-0.25, -0.2) is 19.6 Å². The molecule has 170 valence electrons. The van der Waals surface area contributed by atoms with E-state index in [4.69, 9.17) is 11.6 Å². The number of aromatic nitrogens is 5. The van der Waals surface area contributed by atoms with Gasteiger partial charge in [0.15, 0.2) is 5.65 Å². The third-order valence-corrected chi connectivity index (χ3v) is 6.08. The number of halogens is 1. The minimum Gasteiger partial charge on any atom is -0.377 e. The quantitative estimate of drug-likeness (QED) is 0.435. The van der Waals surface area contributed by atoms with Gasteiger partial charge >= 0.3 is 0 Å². The van der Waals surface area contributed by atoms with E-state index in [-0.39, 0.29) is 0 Å². The Bertz CT molecular complexity index is 1400. The number of nitrogens with zero attached hydrogens (tertiary/aromatic N) is 7. The number of aliphatic hydroxyl groups is 1. The average Bonchev–Trinajstić information content (AvgIpc) is 3.23. The highest BCUT2D eigenvalue weighted by molar-refractivity contribution is 6.32. The predicted molar refractivity (Wildman–Crippen MR) is 124 cm³/mol. The number of likely N-dealkylation sites (tertiary alicyclic amines) is 1. The Hall–Kier alpha value is -3.91. The molecule has 1 amide bonds. The molecule has 34 heavy (non-hydrogen) atoms. The van der Waals surface area contributed by atoms with Gasteiger partial charge in [0, 0.05) is 19.3 Å². The summed E-state index contributed by atoms with van der Waals surface area (Å²) < 4.78 is 1.45. The first kappa shape index (κ1) is 21.9. The van der Waals surface area contributed by atoms with Gasteiger partial charge in [0.1, 0.15) is 36.0 Å². The number of hydrogen-bond acceptors (Lipinski definition) is 8. The van der Waals surface area contributed by atoms with Gasteiger partial charge in [0.2, 0.25) is 5.91 Å². The Morgan fingerprint density at radius 1 is 1.18 bits per heavy atom. The summed E-state index contributed by atoms with van der Waals surface area (Å²) in [7, 11) is 0. The van der Waals surface area contributed by atoms with E-state index in [1.54, 1.807) is 42.6 Å². The number of amides is 1. The van der Waals surface area contributed by atoms with Gasteiger partial charge in [-0.3, -0.25) is 9.69 Å². The van der Waals surface area contributed by atoms with Crippen molar-refractivity contribution in [2.45, 2.75) is 18.6 Å². The molecule has 0 bridgehead atoms. The molecule has 5 rings (SSSR count). The van der Waals surface area contributed by atoms with Crippen LogP contribution in [0.15, 0.2) is 55.1 Å². The molecule has 2 N–H and O–H groups in total. The van der Waals surface area contributed by atoms with Crippen molar-refractivity contribution in [2.24, 2.45) is 0 Å². The van der Waals surface area contributed by atoms with Crippen molar-refractivity contribution >= 4 is 34.4 Å². The summed E-state index contributed by atoms with van der Waals surface area (Å²) in [5, 5.41) is 28.6. The lowest BCUT2D eigenvalue weighted by atomic mass is 9.97. The summed E-state index contributed by atoms with van der Waals surface area (Å²) in [6, 6.07) is 12.2. The number of benzene rings is 1. The number of aliphatic hydroxyl groups excluding tert-OH is 1. The number of fused-ring (bicyclic) bond motifs is 1. The first-order valence-electron chi connectivity index (χ1n) is 10.6. The largest absolute Gasteiger partial charge is 0.377 e. The molecule has 1 aromatic carbocycles. The Labute approximate surface area is 199 Å². The molecular formula is C23H19ClN8O2. The number of para-hydroxylation sites is 1. The van der Waals surface area contributed by atoms with E-state index in [0.29, 0.717) is 51.9 Å². The molecular weight excluding hydrogens is 456 g/mol. The molecule has 1 fully saturated rings. The molecule has 2 atom stereocenters. The second-order valence-electron chi connectivity index (χ2n) is 7.79. The fraction of sp³-hybridized carbons (Fsp3) is 0.217. The van der Waals surface area contributed by atoms with Gasteiger partial charge in [0.25, 0.3) is 0 Å². The number of anilines is 1. The summed E-state index contributed by atoms with van der Waals surface area (Å²) in [4.78, 5) is 28.1. The maximum Gasteiger partial charge on any atom is 0.238 e. The van der Waals surface area contributed by atoms with Crippen molar-refractivity contribution in [3.8, 4) is 11.8 Å². The zero-order valence-electron chi connectivity index (χ0n) is 17.8. The molecule has 10 nitrogen and oxygen atoms in total. The van der Waals surface area contributed by atoms with E-state index in [1.165, 1.54) is 17.2 Å². The molecule has 0 aliphatic carbocycles. The van der Waals surface area contributed by atoms with Gasteiger partial charge in [0.05, 0.1) is 27.9 Å². The zero-order chi connectivity index (χ0) is 23.7. The fourth-order valence-corrected chi connectivity index (χ4v) is 4.21. The number of hydrogen-bond donors (Lipinski definition) is 2. The van der Waals surface area contributed by atoms with Crippen molar-refractivity contribution in [3.05, 3.63) is 71.4 Å². The van der Waals surface area contributed by atoms with Crippen LogP contribution in [-0.4, -0.2) is 60.0 Å². The van der Waals surface area contributed by atoms with E-state index in [1.807, 2.05) is 4.90 Å². The summed E-state index contributed by atoms with van der Waals surface area (Å²) in [6.07, 6.45) is 4.22. The highest BCUT2D eigenvalue weighted by atomic mass is 35.5. The van der Waals surface area contributed by atoms with Crippen molar-refractivity contribution < 1.29 is 9.90 Å². The Morgan fingerprint density at radius 2 is 2.03 bits per heavy atom. The van der Waals surface area contributed by atoms with Crippen LogP contribution >= 0.6 is 11.6 Å². The maximum absolute atomic E-state index is 13.4. The molecule has 1 aliphatic rings.